The minimum Gasteiger partial charge on any atom is -0.544 e. The van der Waals surface area contributed by atoms with Crippen LogP contribution in [0.3, 0.4) is 0 Å². The van der Waals surface area contributed by atoms with Gasteiger partial charge in [-0.2, -0.15) is 0 Å². The van der Waals surface area contributed by atoms with E-state index in [1.807, 2.05) is 12.1 Å². The summed E-state index contributed by atoms with van der Waals surface area (Å²) >= 11 is 0. The number of benzene rings is 2. The molecule has 0 heterocycles. The van der Waals surface area contributed by atoms with Gasteiger partial charge in [0.05, 0.1) is 0 Å². The second kappa shape index (κ2) is 15.7. The van der Waals surface area contributed by atoms with Gasteiger partial charge in [0.25, 0.3) is 0 Å². The molecule has 2 aromatic carbocycles. The van der Waals surface area contributed by atoms with E-state index in [4.69, 9.17) is 8.85 Å². The third-order valence-electron chi connectivity index (χ3n) is 7.47. The van der Waals surface area contributed by atoms with E-state index in [9.17, 15) is 9.90 Å². The first kappa shape index (κ1) is 32.4. The number of hydrogen-bond acceptors (Lipinski definition) is 3. The first-order valence-electron chi connectivity index (χ1n) is 15.2. The fourth-order valence-electron chi connectivity index (χ4n) is 5.17. The Labute approximate surface area is 234 Å². The monoisotopic (exact) mass is 558 g/mol. The van der Waals surface area contributed by atoms with Crippen molar-refractivity contribution in [2.45, 2.75) is 136 Å². The molecular weight excluding hydrogens is 505 g/mol. The highest BCUT2D eigenvalue weighted by Gasteiger charge is 2.30. The lowest BCUT2D eigenvalue weighted by Crippen LogP contribution is -2.35. The zero-order chi connectivity index (χ0) is 28.2. The maximum atomic E-state index is 12.5. The fourth-order valence-corrected chi connectivity index (χ4v) is 9.11. The summed E-state index contributed by atoms with van der Waals surface area (Å²) in [5, 5.41) is 12.1. The molecule has 1 N–H and O–H groups in total. The van der Waals surface area contributed by atoms with Crippen LogP contribution < -0.4 is 8.85 Å². The first-order chi connectivity index (χ1) is 18.0. The van der Waals surface area contributed by atoms with Gasteiger partial charge in [0, 0.05) is 10.8 Å². The standard InChI is InChI=1S/C32H54O4Si2/c1-8-10-12-14-16-18-22-37(4,5)35-30-25-29(32(33)34)31(27-21-20-26(3)24-28(27)30)36-38(6,7)23-19-17-15-13-11-9-2/h20-21,24-25H,8-19,22-23H2,1-7H3,(H,33,34). The Hall–Kier alpha value is -1.80. The Bertz CT molecular complexity index is 1020. The van der Waals surface area contributed by atoms with E-state index in [-0.39, 0.29) is 5.56 Å². The molecule has 0 amide bonds. The number of fused-ring (bicyclic) bond motifs is 1. The largest absolute Gasteiger partial charge is 0.544 e. The topological polar surface area (TPSA) is 55.8 Å². The highest BCUT2D eigenvalue weighted by Crippen LogP contribution is 2.40. The molecule has 0 saturated heterocycles. The Morgan fingerprint density at radius 1 is 0.711 bits per heavy atom. The second-order valence-electron chi connectivity index (χ2n) is 12.4. The second-order valence-corrected chi connectivity index (χ2v) is 20.8. The molecule has 0 aromatic heterocycles. The summed E-state index contributed by atoms with van der Waals surface area (Å²) in [5.74, 6) is 0.275. The third-order valence-corrected chi connectivity index (χ3v) is 12.1. The number of carboxylic acid groups (broad SMARTS) is 1. The molecule has 0 fully saturated rings. The molecule has 0 atom stereocenters. The summed E-state index contributed by atoms with van der Waals surface area (Å²) in [4.78, 5) is 12.5. The summed E-state index contributed by atoms with van der Waals surface area (Å²) in [6.45, 7) is 15.5. The highest BCUT2D eigenvalue weighted by atomic mass is 28.4. The van der Waals surface area contributed by atoms with Crippen LogP contribution in [-0.4, -0.2) is 27.7 Å². The van der Waals surface area contributed by atoms with Gasteiger partial charge >= 0.3 is 5.97 Å². The average molecular weight is 559 g/mol. The van der Waals surface area contributed by atoms with Crippen molar-refractivity contribution >= 4 is 33.4 Å². The molecule has 6 heteroatoms. The molecule has 2 rings (SSSR count). The third kappa shape index (κ3) is 10.8. The number of aromatic carboxylic acids is 1. The van der Waals surface area contributed by atoms with Crippen LogP contribution in [0, 0.1) is 6.92 Å². The van der Waals surface area contributed by atoms with Gasteiger partial charge in [-0.25, -0.2) is 4.79 Å². The fraction of sp³-hybridized carbons (Fsp3) is 0.656. The van der Waals surface area contributed by atoms with E-state index in [2.05, 4.69) is 53.0 Å². The zero-order valence-corrected chi connectivity index (χ0v) is 27.4. The van der Waals surface area contributed by atoms with Crippen LogP contribution in [0.25, 0.3) is 10.8 Å². The summed E-state index contributed by atoms with van der Waals surface area (Å²) in [6.07, 6.45) is 15.1. The number of carboxylic acids is 1. The highest BCUT2D eigenvalue weighted by molar-refractivity contribution is 6.72. The first-order valence-corrected chi connectivity index (χ1v) is 21.4. The molecular formula is C32H54O4Si2. The van der Waals surface area contributed by atoms with Gasteiger partial charge in [-0.05, 0) is 57.3 Å². The van der Waals surface area contributed by atoms with E-state index in [1.165, 1.54) is 70.6 Å². The Morgan fingerprint density at radius 2 is 1.21 bits per heavy atom. The molecule has 38 heavy (non-hydrogen) atoms. The van der Waals surface area contributed by atoms with E-state index in [0.29, 0.717) is 11.5 Å². The van der Waals surface area contributed by atoms with Gasteiger partial charge in [0.2, 0.25) is 16.6 Å². The van der Waals surface area contributed by atoms with Crippen molar-refractivity contribution in [2.24, 2.45) is 0 Å². The van der Waals surface area contributed by atoms with Crippen LogP contribution >= 0.6 is 0 Å². The van der Waals surface area contributed by atoms with Crippen LogP contribution in [0.2, 0.25) is 38.3 Å². The lowest BCUT2D eigenvalue weighted by molar-refractivity contribution is 0.0694. The maximum absolute atomic E-state index is 12.5. The van der Waals surface area contributed by atoms with Crippen LogP contribution in [0.5, 0.6) is 11.5 Å². The Balaban J connectivity index is 2.27. The van der Waals surface area contributed by atoms with E-state index < -0.39 is 22.6 Å². The minimum absolute atomic E-state index is 0.226. The molecule has 0 unspecified atom stereocenters. The van der Waals surface area contributed by atoms with Gasteiger partial charge in [0.15, 0.2) is 0 Å². The smallest absolute Gasteiger partial charge is 0.339 e. The summed E-state index contributed by atoms with van der Waals surface area (Å²) < 4.78 is 13.4. The molecule has 0 bridgehead atoms. The minimum atomic E-state index is -2.11. The quantitative estimate of drug-likeness (QED) is 0.138. The lowest BCUT2D eigenvalue weighted by atomic mass is 10.0. The Kier molecular flexibility index (Phi) is 13.4. The summed E-state index contributed by atoms with van der Waals surface area (Å²) in [6, 6.07) is 10.0. The van der Waals surface area contributed by atoms with Gasteiger partial charge in [0.1, 0.15) is 17.1 Å². The van der Waals surface area contributed by atoms with Crippen molar-refractivity contribution < 1.29 is 18.8 Å². The Morgan fingerprint density at radius 3 is 1.74 bits per heavy atom. The van der Waals surface area contributed by atoms with E-state index in [0.717, 1.165) is 34.8 Å². The van der Waals surface area contributed by atoms with Crippen molar-refractivity contribution in [1.82, 2.24) is 0 Å². The van der Waals surface area contributed by atoms with E-state index in [1.54, 1.807) is 6.07 Å². The SMILES string of the molecule is CCCCCCCC[Si](C)(C)Oc1cc(C(=O)O)c(O[Si](C)(C)CCCCCCCC)c2ccc(C)cc12. The number of carbonyl (C=O) groups is 1. The average Bonchev–Trinajstić information content (AvgIpc) is 2.84. The summed E-state index contributed by atoms with van der Waals surface area (Å²) in [7, 11) is -4.14. The molecule has 0 aliphatic rings. The van der Waals surface area contributed by atoms with Gasteiger partial charge in [-0.3, -0.25) is 0 Å². The predicted octanol–water partition coefficient (Wildman–Crippen LogP) is 10.7. The van der Waals surface area contributed by atoms with Crippen LogP contribution in [0.4, 0.5) is 0 Å². The zero-order valence-electron chi connectivity index (χ0n) is 25.4. The molecule has 0 aliphatic heterocycles. The number of unbranched alkanes of at least 4 members (excludes halogenated alkanes) is 10. The van der Waals surface area contributed by atoms with Crippen molar-refractivity contribution in [1.29, 1.82) is 0 Å². The normalized spacial score (nSPS) is 12.2. The van der Waals surface area contributed by atoms with Crippen molar-refractivity contribution in [3.63, 3.8) is 0 Å². The summed E-state index contributed by atoms with van der Waals surface area (Å²) in [5.41, 5.74) is 1.36. The molecule has 0 saturated carbocycles. The van der Waals surface area contributed by atoms with E-state index >= 15 is 0 Å². The molecule has 0 spiro atoms. The number of aryl methyl sites for hydroxylation is 1. The predicted molar refractivity (Wildman–Crippen MR) is 168 cm³/mol. The van der Waals surface area contributed by atoms with Gasteiger partial charge in [-0.15, -0.1) is 0 Å². The van der Waals surface area contributed by atoms with Gasteiger partial charge in [-0.1, -0.05) is 109 Å². The number of rotatable bonds is 19. The van der Waals surface area contributed by atoms with Gasteiger partial charge < -0.3 is 14.0 Å². The van der Waals surface area contributed by atoms with Crippen LogP contribution in [0.1, 0.15) is 107 Å². The van der Waals surface area contributed by atoms with Crippen LogP contribution in [-0.2, 0) is 0 Å². The molecule has 0 aliphatic carbocycles. The van der Waals surface area contributed by atoms with Crippen molar-refractivity contribution in [3.05, 3.63) is 35.4 Å². The molecule has 2 aromatic rings. The number of hydrogen-bond donors (Lipinski definition) is 1. The lowest BCUT2D eigenvalue weighted by Gasteiger charge is -2.29. The molecule has 0 radical (unpaired) electrons. The molecule has 4 nitrogen and oxygen atoms in total. The maximum Gasteiger partial charge on any atom is 0.339 e. The van der Waals surface area contributed by atoms with Crippen molar-refractivity contribution in [3.8, 4) is 11.5 Å². The molecule has 214 valence electrons. The van der Waals surface area contributed by atoms with Crippen molar-refractivity contribution in [2.75, 3.05) is 0 Å². The van der Waals surface area contributed by atoms with Crippen LogP contribution in [0.15, 0.2) is 24.3 Å².